The number of amides is 1. The van der Waals surface area contributed by atoms with Crippen molar-refractivity contribution in [3.8, 4) is 0 Å². The third-order valence-corrected chi connectivity index (χ3v) is 2.83. The third kappa shape index (κ3) is 2.21. The lowest BCUT2D eigenvalue weighted by Crippen LogP contribution is -2.27. The number of primary amides is 1. The van der Waals surface area contributed by atoms with E-state index in [-0.39, 0.29) is 11.8 Å². The second kappa shape index (κ2) is 3.74. The summed E-state index contributed by atoms with van der Waals surface area (Å²) in [5, 5.41) is 0. The lowest BCUT2D eigenvalue weighted by Gasteiger charge is -2.25. The monoisotopic (exact) mass is 155 g/mol. The van der Waals surface area contributed by atoms with Crippen LogP contribution in [0, 0.1) is 11.8 Å². The highest BCUT2D eigenvalue weighted by molar-refractivity contribution is 5.76. The van der Waals surface area contributed by atoms with Crippen LogP contribution >= 0.6 is 0 Å². The van der Waals surface area contributed by atoms with Crippen molar-refractivity contribution >= 4 is 5.91 Å². The molecule has 1 aliphatic carbocycles. The van der Waals surface area contributed by atoms with Gasteiger partial charge in [0.1, 0.15) is 0 Å². The molecule has 11 heavy (non-hydrogen) atoms. The molecule has 2 heteroatoms. The largest absolute Gasteiger partial charge is 0.369 e. The van der Waals surface area contributed by atoms with E-state index in [4.69, 9.17) is 5.73 Å². The summed E-state index contributed by atoms with van der Waals surface area (Å²) in [5.74, 6) is 0.933. The first-order valence-electron chi connectivity index (χ1n) is 4.53. The molecule has 1 amide bonds. The predicted octanol–water partition coefficient (Wildman–Crippen LogP) is 1.69. The summed E-state index contributed by atoms with van der Waals surface area (Å²) >= 11 is 0. The number of carbonyl (C=O) groups is 1. The van der Waals surface area contributed by atoms with Crippen LogP contribution in [0.3, 0.4) is 0 Å². The number of hydrogen-bond acceptors (Lipinski definition) is 1. The third-order valence-electron chi connectivity index (χ3n) is 2.83. The molecule has 1 saturated carbocycles. The summed E-state index contributed by atoms with van der Waals surface area (Å²) in [7, 11) is 0. The molecule has 0 aliphatic heterocycles. The maximum atomic E-state index is 10.8. The molecule has 2 N–H and O–H groups in total. The van der Waals surface area contributed by atoms with Crippen molar-refractivity contribution in [1.29, 1.82) is 0 Å². The Hall–Kier alpha value is -0.530. The van der Waals surface area contributed by atoms with Crippen LogP contribution in [0.5, 0.6) is 0 Å². The van der Waals surface area contributed by atoms with Gasteiger partial charge in [0, 0.05) is 5.92 Å². The second-order valence-electron chi connectivity index (χ2n) is 3.53. The quantitative estimate of drug-likeness (QED) is 0.648. The Labute approximate surface area is 68.2 Å². The van der Waals surface area contributed by atoms with Gasteiger partial charge in [-0.2, -0.15) is 0 Å². The minimum Gasteiger partial charge on any atom is -0.369 e. The minimum absolute atomic E-state index is 0.0976. The van der Waals surface area contributed by atoms with E-state index in [0.29, 0.717) is 0 Å². The van der Waals surface area contributed by atoms with E-state index in [9.17, 15) is 4.79 Å². The van der Waals surface area contributed by atoms with Gasteiger partial charge in [-0.3, -0.25) is 4.79 Å². The van der Waals surface area contributed by atoms with Gasteiger partial charge < -0.3 is 5.73 Å². The maximum Gasteiger partial charge on any atom is 0.220 e. The number of rotatable bonds is 2. The first-order chi connectivity index (χ1) is 5.24. The normalized spacial score (nSPS) is 31.7. The fraction of sp³-hybridized carbons (Fsp3) is 0.889. The van der Waals surface area contributed by atoms with E-state index in [2.05, 4.69) is 6.92 Å². The maximum absolute atomic E-state index is 10.8. The van der Waals surface area contributed by atoms with Gasteiger partial charge in [0.15, 0.2) is 0 Å². The molecule has 1 fully saturated rings. The molecular weight excluding hydrogens is 138 g/mol. The zero-order valence-electron chi connectivity index (χ0n) is 7.18. The summed E-state index contributed by atoms with van der Waals surface area (Å²) < 4.78 is 0. The molecule has 0 spiro atoms. The molecule has 0 bridgehead atoms. The Morgan fingerprint density at radius 1 is 1.36 bits per heavy atom. The highest BCUT2D eigenvalue weighted by Gasteiger charge is 2.23. The van der Waals surface area contributed by atoms with Gasteiger partial charge in [0.2, 0.25) is 5.91 Å². The van der Waals surface area contributed by atoms with Gasteiger partial charge in [-0.1, -0.05) is 13.3 Å². The second-order valence-corrected chi connectivity index (χ2v) is 3.53. The summed E-state index contributed by atoms with van der Waals surface area (Å²) in [6, 6.07) is 0. The van der Waals surface area contributed by atoms with Crippen molar-refractivity contribution in [2.45, 2.75) is 39.0 Å². The summed E-state index contributed by atoms with van der Waals surface area (Å²) in [6.07, 6.45) is 5.70. The number of nitrogens with two attached hydrogens (primary N) is 1. The zero-order chi connectivity index (χ0) is 8.27. The molecule has 1 rings (SSSR count). The van der Waals surface area contributed by atoms with Crippen LogP contribution in [0.2, 0.25) is 0 Å². The lowest BCUT2D eigenvalue weighted by atomic mass is 9.81. The van der Waals surface area contributed by atoms with Gasteiger partial charge in [-0.05, 0) is 31.6 Å². The first kappa shape index (κ1) is 8.57. The fourth-order valence-electron chi connectivity index (χ4n) is 1.86. The fourth-order valence-corrected chi connectivity index (χ4v) is 1.86. The van der Waals surface area contributed by atoms with E-state index >= 15 is 0 Å². The lowest BCUT2D eigenvalue weighted by molar-refractivity contribution is -0.122. The van der Waals surface area contributed by atoms with E-state index in [1.54, 1.807) is 0 Å². The zero-order valence-corrected chi connectivity index (χ0v) is 7.18. The molecule has 64 valence electrons. The van der Waals surface area contributed by atoms with Crippen LogP contribution in [-0.4, -0.2) is 5.91 Å². The first-order valence-corrected chi connectivity index (χ1v) is 4.53. The average Bonchev–Trinajstić information content (AvgIpc) is 2.05. The average molecular weight is 155 g/mol. The van der Waals surface area contributed by atoms with Crippen molar-refractivity contribution in [1.82, 2.24) is 0 Å². The molecule has 2 nitrogen and oxygen atoms in total. The molecule has 0 aromatic heterocycles. The van der Waals surface area contributed by atoms with Crippen molar-refractivity contribution in [3.05, 3.63) is 0 Å². The Morgan fingerprint density at radius 2 is 1.91 bits per heavy atom. The predicted molar refractivity (Wildman–Crippen MR) is 44.9 cm³/mol. The highest BCUT2D eigenvalue weighted by Crippen LogP contribution is 2.30. The van der Waals surface area contributed by atoms with Crippen molar-refractivity contribution in [3.63, 3.8) is 0 Å². The van der Waals surface area contributed by atoms with Crippen LogP contribution in [0.25, 0.3) is 0 Å². The Kier molecular flexibility index (Phi) is 2.92. The minimum atomic E-state index is -0.0976. The van der Waals surface area contributed by atoms with Gasteiger partial charge >= 0.3 is 0 Å². The Morgan fingerprint density at radius 3 is 2.27 bits per heavy atom. The molecule has 0 unspecified atom stereocenters. The van der Waals surface area contributed by atoms with Gasteiger partial charge in [-0.15, -0.1) is 0 Å². The molecule has 0 saturated heterocycles. The topological polar surface area (TPSA) is 43.1 Å². The van der Waals surface area contributed by atoms with Crippen LogP contribution in [0.4, 0.5) is 0 Å². The smallest absolute Gasteiger partial charge is 0.220 e. The van der Waals surface area contributed by atoms with Crippen molar-refractivity contribution in [2.24, 2.45) is 17.6 Å². The number of hydrogen-bond donors (Lipinski definition) is 1. The van der Waals surface area contributed by atoms with Crippen LogP contribution in [-0.2, 0) is 4.79 Å². The van der Waals surface area contributed by atoms with E-state index in [1.165, 1.54) is 19.3 Å². The van der Waals surface area contributed by atoms with Crippen LogP contribution < -0.4 is 5.73 Å². The van der Waals surface area contributed by atoms with Gasteiger partial charge in [-0.25, -0.2) is 0 Å². The number of carbonyl (C=O) groups excluding carboxylic acids is 1. The van der Waals surface area contributed by atoms with Crippen molar-refractivity contribution in [2.75, 3.05) is 0 Å². The SMILES string of the molecule is CC[C@H]1CC[C@H](C(N)=O)CC1. The molecular formula is C9H17NO. The molecule has 1 aliphatic rings. The van der Waals surface area contributed by atoms with E-state index in [1.807, 2.05) is 0 Å². The van der Waals surface area contributed by atoms with E-state index < -0.39 is 0 Å². The Balaban J connectivity index is 2.30. The van der Waals surface area contributed by atoms with Gasteiger partial charge in [0.25, 0.3) is 0 Å². The van der Waals surface area contributed by atoms with Crippen molar-refractivity contribution < 1.29 is 4.79 Å². The highest BCUT2D eigenvalue weighted by atomic mass is 16.1. The van der Waals surface area contributed by atoms with E-state index in [0.717, 1.165) is 18.8 Å². The molecule has 0 atom stereocenters. The molecule has 0 heterocycles. The van der Waals surface area contributed by atoms with Crippen LogP contribution in [0.1, 0.15) is 39.0 Å². The summed E-state index contributed by atoms with van der Waals surface area (Å²) in [5.41, 5.74) is 5.22. The molecule has 0 aromatic rings. The summed E-state index contributed by atoms with van der Waals surface area (Å²) in [6.45, 7) is 2.22. The van der Waals surface area contributed by atoms with Gasteiger partial charge in [0.05, 0.1) is 0 Å². The summed E-state index contributed by atoms with van der Waals surface area (Å²) in [4.78, 5) is 10.8. The standard InChI is InChI=1S/C9H17NO/c1-2-7-3-5-8(6-4-7)9(10)11/h7-8H,2-6H2,1H3,(H2,10,11)/t7-,8-. The molecule has 0 radical (unpaired) electrons. The van der Waals surface area contributed by atoms with Crippen LogP contribution in [0.15, 0.2) is 0 Å². The molecule has 0 aromatic carbocycles. The Bertz CT molecular complexity index is 136.